The van der Waals surface area contributed by atoms with Crippen molar-refractivity contribution >= 4 is 30.2 Å². The Morgan fingerprint density at radius 3 is 2.79 bits per heavy atom. The second-order valence-corrected chi connectivity index (χ2v) is 3.65. The molecule has 0 aliphatic heterocycles. The van der Waals surface area contributed by atoms with E-state index in [1.54, 1.807) is 31.2 Å². The number of carbonyl (C=O) groups excluding carboxylic acids is 1. The maximum Gasteiger partial charge on any atom is 0.339 e. The third kappa shape index (κ3) is 2.93. The zero-order valence-electron chi connectivity index (χ0n) is 7.74. The molecule has 1 aromatic carbocycles. The minimum Gasteiger partial charge on any atom is -0.458 e. The topological polar surface area (TPSA) is 26.3 Å². The fourth-order valence-corrected chi connectivity index (χ4v) is 1.20. The van der Waals surface area contributed by atoms with Crippen LogP contribution in [0.25, 0.3) is 0 Å². The average molecular weight is 231 g/mol. The van der Waals surface area contributed by atoms with E-state index in [0.29, 0.717) is 16.3 Å². The Kier molecular flexibility index (Phi) is 4.29. The first-order chi connectivity index (χ1) is 6.65. The van der Waals surface area contributed by atoms with Gasteiger partial charge in [0.05, 0.1) is 10.6 Å². The summed E-state index contributed by atoms with van der Waals surface area (Å²) >= 11 is 9.84. The largest absolute Gasteiger partial charge is 0.458 e. The molecule has 0 aliphatic rings. The van der Waals surface area contributed by atoms with Crippen LogP contribution in [0.1, 0.15) is 17.3 Å². The summed E-state index contributed by atoms with van der Waals surface area (Å²) < 4.78 is 5.07. The molecule has 0 amide bonds. The molecule has 1 unspecified atom stereocenters. The second-order valence-electron chi connectivity index (χ2n) is 2.88. The standard InChI is InChI=1S/C10H11ClO2S/c1-7(6-14)13-10(12)8-4-2-3-5-9(8)11/h2-5,7,14H,6H2,1H3. The van der Waals surface area contributed by atoms with E-state index in [2.05, 4.69) is 12.6 Å². The normalized spacial score (nSPS) is 12.2. The van der Waals surface area contributed by atoms with Crippen LogP contribution < -0.4 is 0 Å². The van der Waals surface area contributed by atoms with Gasteiger partial charge in [-0.3, -0.25) is 0 Å². The summed E-state index contributed by atoms with van der Waals surface area (Å²) in [5.41, 5.74) is 0.391. The predicted molar refractivity (Wildman–Crippen MR) is 60.2 cm³/mol. The van der Waals surface area contributed by atoms with Gasteiger partial charge >= 0.3 is 5.97 Å². The van der Waals surface area contributed by atoms with Gasteiger partial charge in [-0.25, -0.2) is 4.79 Å². The van der Waals surface area contributed by atoms with Crippen molar-refractivity contribution in [3.8, 4) is 0 Å². The van der Waals surface area contributed by atoms with Crippen molar-refractivity contribution in [2.75, 3.05) is 5.75 Å². The number of carbonyl (C=O) groups is 1. The Morgan fingerprint density at radius 1 is 1.57 bits per heavy atom. The maximum absolute atomic E-state index is 11.5. The van der Waals surface area contributed by atoms with E-state index in [4.69, 9.17) is 16.3 Å². The van der Waals surface area contributed by atoms with Crippen LogP contribution in [0.15, 0.2) is 24.3 Å². The number of halogens is 1. The van der Waals surface area contributed by atoms with Gasteiger partial charge in [-0.2, -0.15) is 12.6 Å². The Balaban J connectivity index is 2.75. The lowest BCUT2D eigenvalue weighted by Gasteiger charge is -2.10. The van der Waals surface area contributed by atoms with E-state index in [1.165, 1.54) is 0 Å². The molecule has 0 spiro atoms. The lowest BCUT2D eigenvalue weighted by Crippen LogP contribution is -2.16. The SMILES string of the molecule is CC(CS)OC(=O)c1ccccc1Cl. The highest BCUT2D eigenvalue weighted by Crippen LogP contribution is 2.16. The summed E-state index contributed by atoms with van der Waals surface area (Å²) in [7, 11) is 0. The van der Waals surface area contributed by atoms with Gasteiger partial charge in [-0.1, -0.05) is 23.7 Å². The molecule has 0 fully saturated rings. The Morgan fingerprint density at radius 2 is 2.21 bits per heavy atom. The highest BCUT2D eigenvalue weighted by Gasteiger charge is 2.13. The van der Waals surface area contributed by atoms with E-state index in [0.717, 1.165) is 0 Å². The smallest absolute Gasteiger partial charge is 0.339 e. The highest BCUT2D eigenvalue weighted by molar-refractivity contribution is 7.80. The molecule has 0 saturated heterocycles. The van der Waals surface area contributed by atoms with Gasteiger partial charge in [-0.15, -0.1) is 0 Å². The van der Waals surface area contributed by atoms with Crippen LogP contribution in [0, 0.1) is 0 Å². The molecule has 1 aromatic rings. The molecule has 0 radical (unpaired) electrons. The van der Waals surface area contributed by atoms with Gasteiger partial charge in [0.2, 0.25) is 0 Å². The zero-order valence-corrected chi connectivity index (χ0v) is 9.39. The quantitative estimate of drug-likeness (QED) is 0.639. The van der Waals surface area contributed by atoms with Crippen LogP contribution >= 0.6 is 24.2 Å². The maximum atomic E-state index is 11.5. The molecule has 1 atom stereocenters. The predicted octanol–water partition coefficient (Wildman–Crippen LogP) is 2.82. The van der Waals surface area contributed by atoms with Gasteiger partial charge in [-0.05, 0) is 19.1 Å². The summed E-state index contributed by atoms with van der Waals surface area (Å²) in [5.74, 6) is 0.0908. The lowest BCUT2D eigenvalue weighted by molar-refractivity contribution is 0.0387. The van der Waals surface area contributed by atoms with Crippen molar-refractivity contribution in [1.29, 1.82) is 0 Å². The number of ether oxygens (including phenoxy) is 1. The number of hydrogen-bond donors (Lipinski definition) is 1. The van der Waals surface area contributed by atoms with Gasteiger partial charge < -0.3 is 4.74 Å². The van der Waals surface area contributed by atoms with E-state index < -0.39 is 5.97 Å². The molecule has 0 saturated carbocycles. The first-order valence-electron chi connectivity index (χ1n) is 4.21. The minimum absolute atomic E-state index is 0.206. The Hall–Kier alpha value is -0.670. The summed E-state index contributed by atoms with van der Waals surface area (Å²) in [6.45, 7) is 1.78. The van der Waals surface area contributed by atoms with Crippen LogP contribution in [-0.2, 0) is 4.74 Å². The molecule has 76 valence electrons. The first kappa shape index (κ1) is 11.4. The molecule has 0 aromatic heterocycles. The summed E-state index contributed by atoms with van der Waals surface area (Å²) in [6, 6.07) is 6.80. The number of rotatable bonds is 3. The zero-order chi connectivity index (χ0) is 10.6. The number of hydrogen-bond acceptors (Lipinski definition) is 3. The van der Waals surface area contributed by atoms with Crippen LogP contribution in [0.4, 0.5) is 0 Å². The van der Waals surface area contributed by atoms with Crippen molar-refractivity contribution in [2.24, 2.45) is 0 Å². The molecule has 4 heteroatoms. The van der Waals surface area contributed by atoms with E-state index >= 15 is 0 Å². The summed E-state index contributed by atoms with van der Waals surface area (Å²) in [4.78, 5) is 11.5. The fourth-order valence-electron chi connectivity index (χ4n) is 0.910. The highest BCUT2D eigenvalue weighted by atomic mass is 35.5. The third-order valence-corrected chi connectivity index (χ3v) is 2.50. The van der Waals surface area contributed by atoms with Gasteiger partial charge in [0.1, 0.15) is 6.10 Å². The summed E-state index contributed by atoms with van der Waals surface area (Å²) in [6.07, 6.45) is -0.206. The number of thiol groups is 1. The Bertz CT molecular complexity index is 328. The molecule has 0 heterocycles. The molecular formula is C10H11ClO2S. The molecule has 1 rings (SSSR count). The lowest BCUT2D eigenvalue weighted by atomic mass is 10.2. The van der Waals surface area contributed by atoms with Crippen molar-refractivity contribution in [1.82, 2.24) is 0 Å². The average Bonchev–Trinajstić information content (AvgIpc) is 2.18. The van der Waals surface area contributed by atoms with Crippen molar-refractivity contribution in [2.45, 2.75) is 13.0 Å². The third-order valence-electron chi connectivity index (χ3n) is 1.66. The minimum atomic E-state index is -0.405. The van der Waals surface area contributed by atoms with Crippen molar-refractivity contribution in [3.05, 3.63) is 34.9 Å². The van der Waals surface area contributed by atoms with E-state index in [1.807, 2.05) is 0 Å². The van der Waals surface area contributed by atoms with Crippen molar-refractivity contribution in [3.63, 3.8) is 0 Å². The molecular weight excluding hydrogens is 220 g/mol. The molecule has 2 nitrogen and oxygen atoms in total. The summed E-state index contributed by atoms with van der Waals surface area (Å²) in [5, 5.41) is 0.406. The van der Waals surface area contributed by atoms with Gasteiger partial charge in [0, 0.05) is 5.75 Å². The Labute approximate surface area is 93.6 Å². The first-order valence-corrected chi connectivity index (χ1v) is 5.22. The second kappa shape index (κ2) is 5.27. The molecule has 0 N–H and O–H groups in total. The van der Waals surface area contributed by atoms with Crippen LogP contribution in [0.3, 0.4) is 0 Å². The molecule has 14 heavy (non-hydrogen) atoms. The van der Waals surface area contributed by atoms with Crippen LogP contribution in [0.2, 0.25) is 5.02 Å². The molecule has 0 aliphatic carbocycles. The van der Waals surface area contributed by atoms with E-state index in [9.17, 15) is 4.79 Å². The number of benzene rings is 1. The molecule has 0 bridgehead atoms. The van der Waals surface area contributed by atoms with E-state index in [-0.39, 0.29) is 6.10 Å². The fraction of sp³-hybridized carbons (Fsp3) is 0.300. The van der Waals surface area contributed by atoms with Crippen LogP contribution in [0.5, 0.6) is 0 Å². The van der Waals surface area contributed by atoms with Gasteiger partial charge in [0.15, 0.2) is 0 Å². The van der Waals surface area contributed by atoms with Gasteiger partial charge in [0.25, 0.3) is 0 Å². The van der Waals surface area contributed by atoms with Crippen LogP contribution in [-0.4, -0.2) is 17.8 Å². The monoisotopic (exact) mass is 230 g/mol. The van der Waals surface area contributed by atoms with Crippen molar-refractivity contribution < 1.29 is 9.53 Å². The number of esters is 1.